The molecule has 5 rings (SSSR count). The standard InChI is InChI=1S/C26H26O9/c1-5-6-21(27)35-24-15-10-18-17(33-12-34-18)9-14(15)22(23-16(24)11-32-26(23)28)13-7-19(29-2)25(31-4)20(8-13)30-3/h5-10,16,22-24H,11-12H2,1-4H3/b6-5+/t16-,22+,23-,24-/m0/s1. The summed E-state index contributed by atoms with van der Waals surface area (Å²) in [6, 6.07) is 7.34. The SMILES string of the molecule is C/C=C/C(=O)O[C@H]1c2cc3c(cc2[C@@H](c2cc(OC)c(OC)c(OC)c2)[C@H]2C(=O)OC[C@@H]21)OCO3. The van der Waals surface area contributed by atoms with E-state index < -0.39 is 29.8 Å². The van der Waals surface area contributed by atoms with Crippen molar-refractivity contribution in [1.82, 2.24) is 0 Å². The van der Waals surface area contributed by atoms with Gasteiger partial charge in [-0.05, 0) is 42.3 Å². The van der Waals surface area contributed by atoms with Crippen molar-refractivity contribution in [2.45, 2.75) is 18.9 Å². The normalized spacial score (nSPS) is 23.9. The minimum absolute atomic E-state index is 0.0883. The third-order valence-corrected chi connectivity index (χ3v) is 6.71. The van der Waals surface area contributed by atoms with E-state index >= 15 is 0 Å². The summed E-state index contributed by atoms with van der Waals surface area (Å²) in [4.78, 5) is 25.6. The summed E-state index contributed by atoms with van der Waals surface area (Å²) in [6.45, 7) is 1.96. The fraction of sp³-hybridized carbons (Fsp3) is 0.385. The molecule has 1 fully saturated rings. The molecule has 0 saturated carbocycles. The fourth-order valence-corrected chi connectivity index (χ4v) is 5.24. The molecule has 35 heavy (non-hydrogen) atoms. The molecule has 0 spiro atoms. The number of benzene rings is 2. The molecule has 9 nitrogen and oxygen atoms in total. The van der Waals surface area contributed by atoms with Crippen LogP contribution < -0.4 is 23.7 Å². The van der Waals surface area contributed by atoms with Gasteiger partial charge in [0.1, 0.15) is 6.10 Å². The monoisotopic (exact) mass is 482 g/mol. The van der Waals surface area contributed by atoms with E-state index in [2.05, 4.69) is 0 Å². The average Bonchev–Trinajstić information content (AvgIpc) is 3.48. The Bertz CT molecular complexity index is 1180. The van der Waals surface area contributed by atoms with Crippen molar-refractivity contribution >= 4 is 11.9 Å². The lowest BCUT2D eigenvalue weighted by molar-refractivity contribution is -0.148. The van der Waals surface area contributed by atoms with E-state index in [1.165, 1.54) is 27.4 Å². The zero-order valence-electron chi connectivity index (χ0n) is 19.9. The highest BCUT2D eigenvalue weighted by Gasteiger charge is 2.54. The average molecular weight is 482 g/mol. The van der Waals surface area contributed by atoms with Crippen LogP contribution in [-0.4, -0.2) is 46.7 Å². The highest BCUT2D eigenvalue weighted by atomic mass is 16.7. The van der Waals surface area contributed by atoms with Crippen LogP contribution in [0.1, 0.15) is 35.6 Å². The molecule has 2 heterocycles. The predicted molar refractivity (Wildman–Crippen MR) is 122 cm³/mol. The van der Waals surface area contributed by atoms with Gasteiger partial charge in [-0.3, -0.25) is 4.79 Å². The molecule has 3 aliphatic rings. The van der Waals surface area contributed by atoms with Crippen molar-refractivity contribution in [3.63, 3.8) is 0 Å². The predicted octanol–water partition coefficient (Wildman–Crippen LogP) is 3.54. The van der Waals surface area contributed by atoms with Crippen LogP contribution >= 0.6 is 0 Å². The topological polar surface area (TPSA) is 98.8 Å². The second-order valence-corrected chi connectivity index (χ2v) is 8.45. The second-order valence-electron chi connectivity index (χ2n) is 8.45. The molecule has 2 aromatic carbocycles. The zero-order chi connectivity index (χ0) is 24.7. The smallest absolute Gasteiger partial charge is 0.331 e. The fourth-order valence-electron chi connectivity index (χ4n) is 5.24. The third kappa shape index (κ3) is 3.71. The first-order valence-corrected chi connectivity index (χ1v) is 11.2. The number of hydrogen-bond acceptors (Lipinski definition) is 9. The van der Waals surface area contributed by atoms with E-state index in [1.807, 2.05) is 24.3 Å². The largest absolute Gasteiger partial charge is 0.493 e. The number of cyclic esters (lactones) is 1. The van der Waals surface area contributed by atoms with Crippen LogP contribution in [0.5, 0.6) is 28.7 Å². The van der Waals surface area contributed by atoms with Crippen molar-refractivity contribution in [1.29, 1.82) is 0 Å². The number of rotatable bonds is 6. The number of hydrogen-bond donors (Lipinski definition) is 0. The molecule has 1 saturated heterocycles. The maximum Gasteiger partial charge on any atom is 0.331 e. The summed E-state index contributed by atoms with van der Waals surface area (Å²) in [7, 11) is 4.61. The minimum atomic E-state index is -0.696. The van der Waals surface area contributed by atoms with Gasteiger partial charge in [0, 0.05) is 23.5 Å². The van der Waals surface area contributed by atoms with Crippen LogP contribution in [-0.2, 0) is 19.1 Å². The van der Waals surface area contributed by atoms with Gasteiger partial charge in [0.25, 0.3) is 0 Å². The van der Waals surface area contributed by atoms with Crippen molar-refractivity contribution in [3.05, 3.63) is 53.1 Å². The van der Waals surface area contributed by atoms with Gasteiger partial charge in [0.15, 0.2) is 23.0 Å². The van der Waals surface area contributed by atoms with Gasteiger partial charge in [-0.2, -0.15) is 0 Å². The van der Waals surface area contributed by atoms with E-state index in [0.717, 1.165) is 16.7 Å². The lowest BCUT2D eigenvalue weighted by Crippen LogP contribution is -2.36. The molecule has 2 aromatic rings. The van der Waals surface area contributed by atoms with Gasteiger partial charge in [0.2, 0.25) is 12.5 Å². The number of esters is 2. The van der Waals surface area contributed by atoms with E-state index in [4.69, 9.17) is 33.2 Å². The lowest BCUT2D eigenvalue weighted by atomic mass is 9.66. The van der Waals surface area contributed by atoms with Crippen LogP contribution in [0.2, 0.25) is 0 Å². The van der Waals surface area contributed by atoms with Gasteiger partial charge < -0.3 is 33.2 Å². The van der Waals surface area contributed by atoms with Gasteiger partial charge in [-0.25, -0.2) is 4.79 Å². The Labute approximate surface area is 202 Å². The Hall–Kier alpha value is -3.88. The molecule has 1 aliphatic carbocycles. The Balaban J connectivity index is 1.72. The molecule has 184 valence electrons. The van der Waals surface area contributed by atoms with Crippen LogP contribution in [0, 0.1) is 11.8 Å². The van der Waals surface area contributed by atoms with E-state index in [0.29, 0.717) is 28.7 Å². The number of ether oxygens (including phenoxy) is 7. The first-order valence-electron chi connectivity index (χ1n) is 11.2. The summed E-state index contributed by atoms with van der Waals surface area (Å²) in [5.41, 5.74) is 2.29. The lowest BCUT2D eigenvalue weighted by Gasteiger charge is -2.38. The number of methoxy groups -OCH3 is 3. The molecular formula is C26H26O9. The molecule has 4 atom stereocenters. The van der Waals surface area contributed by atoms with Gasteiger partial charge in [-0.15, -0.1) is 0 Å². The number of fused-ring (bicyclic) bond motifs is 3. The molecule has 0 bridgehead atoms. The summed E-state index contributed by atoms with van der Waals surface area (Å²) in [5.74, 6) is 0.210. The molecule has 0 unspecified atom stereocenters. The van der Waals surface area contributed by atoms with Crippen LogP contribution in [0.3, 0.4) is 0 Å². The van der Waals surface area contributed by atoms with Crippen molar-refractivity contribution in [2.24, 2.45) is 11.8 Å². The maximum absolute atomic E-state index is 13.1. The number of allylic oxidation sites excluding steroid dienone is 1. The van der Waals surface area contributed by atoms with Crippen molar-refractivity contribution in [2.75, 3.05) is 34.7 Å². The van der Waals surface area contributed by atoms with Gasteiger partial charge in [-0.1, -0.05) is 6.08 Å². The first-order chi connectivity index (χ1) is 17.0. The Kier molecular flexibility index (Phi) is 5.92. The molecular weight excluding hydrogens is 456 g/mol. The van der Waals surface area contributed by atoms with Crippen LogP contribution in [0.25, 0.3) is 0 Å². The summed E-state index contributed by atoms with van der Waals surface area (Å²) in [6.07, 6.45) is 2.26. The first kappa shape index (κ1) is 22.9. The van der Waals surface area contributed by atoms with Crippen molar-refractivity contribution < 1.29 is 42.7 Å². The molecule has 9 heteroatoms. The second kappa shape index (κ2) is 9.05. The molecule has 2 aliphatic heterocycles. The molecule has 0 aromatic heterocycles. The highest BCUT2D eigenvalue weighted by Crippen LogP contribution is 2.56. The van der Waals surface area contributed by atoms with E-state index in [9.17, 15) is 9.59 Å². The van der Waals surface area contributed by atoms with Crippen molar-refractivity contribution in [3.8, 4) is 28.7 Å². The third-order valence-electron chi connectivity index (χ3n) is 6.71. The summed E-state index contributed by atoms with van der Waals surface area (Å²) < 4.78 is 39.3. The Morgan fingerprint density at radius 1 is 0.943 bits per heavy atom. The number of carbonyl (C=O) groups excluding carboxylic acids is 2. The highest BCUT2D eigenvalue weighted by molar-refractivity contribution is 5.83. The molecule has 0 radical (unpaired) electrons. The van der Waals surface area contributed by atoms with E-state index in [1.54, 1.807) is 13.0 Å². The zero-order valence-corrected chi connectivity index (χ0v) is 19.9. The van der Waals surface area contributed by atoms with E-state index in [-0.39, 0.29) is 19.4 Å². The summed E-state index contributed by atoms with van der Waals surface area (Å²) >= 11 is 0. The minimum Gasteiger partial charge on any atom is -0.493 e. The Morgan fingerprint density at radius 3 is 2.20 bits per heavy atom. The quantitative estimate of drug-likeness (QED) is 0.452. The summed E-state index contributed by atoms with van der Waals surface area (Å²) in [5, 5.41) is 0. The van der Waals surface area contributed by atoms with Gasteiger partial charge in [0.05, 0.1) is 33.9 Å². The Morgan fingerprint density at radius 2 is 1.60 bits per heavy atom. The van der Waals surface area contributed by atoms with Crippen LogP contribution in [0.4, 0.5) is 0 Å². The maximum atomic E-state index is 13.1. The van der Waals surface area contributed by atoms with Gasteiger partial charge >= 0.3 is 11.9 Å². The molecule has 0 amide bonds. The van der Waals surface area contributed by atoms with Crippen LogP contribution in [0.15, 0.2) is 36.4 Å². The number of carbonyl (C=O) groups is 2. The molecule has 0 N–H and O–H groups in total.